The fraction of sp³-hybridized carbons (Fsp3) is 0.538. The number of aliphatic carboxylic acids is 1. The summed E-state index contributed by atoms with van der Waals surface area (Å²) in [6, 6.07) is 2.86. The number of carboxylic acid groups (broad SMARTS) is 1. The van der Waals surface area contributed by atoms with Crippen LogP contribution in [0.5, 0.6) is 0 Å². The van der Waals surface area contributed by atoms with Crippen molar-refractivity contribution < 1.29 is 14.7 Å². The van der Waals surface area contributed by atoms with Crippen LogP contribution in [-0.4, -0.2) is 41.6 Å². The van der Waals surface area contributed by atoms with E-state index in [2.05, 4.69) is 5.32 Å². The van der Waals surface area contributed by atoms with E-state index in [9.17, 15) is 9.59 Å². The van der Waals surface area contributed by atoms with Crippen LogP contribution in [-0.2, 0) is 11.2 Å². The van der Waals surface area contributed by atoms with E-state index in [0.717, 1.165) is 12.8 Å². The number of thiophene rings is 1. The van der Waals surface area contributed by atoms with Gasteiger partial charge in [-0.25, -0.2) is 9.59 Å². The maximum Gasteiger partial charge on any atom is 0.326 e. The van der Waals surface area contributed by atoms with Crippen LogP contribution in [0.15, 0.2) is 17.5 Å². The molecule has 19 heavy (non-hydrogen) atoms. The first kappa shape index (κ1) is 15.5. The zero-order chi connectivity index (χ0) is 14.3. The summed E-state index contributed by atoms with van der Waals surface area (Å²) in [5.41, 5.74) is 0. The second kappa shape index (κ2) is 7.78. The second-order valence-electron chi connectivity index (χ2n) is 4.38. The number of amides is 2. The van der Waals surface area contributed by atoms with Gasteiger partial charge in [0.2, 0.25) is 0 Å². The molecule has 1 unspecified atom stereocenters. The first-order valence-electron chi connectivity index (χ1n) is 6.31. The van der Waals surface area contributed by atoms with Gasteiger partial charge in [-0.3, -0.25) is 0 Å². The topological polar surface area (TPSA) is 69.6 Å². The molecule has 0 spiro atoms. The Bertz CT molecular complexity index is 406. The van der Waals surface area contributed by atoms with E-state index < -0.39 is 12.0 Å². The van der Waals surface area contributed by atoms with Gasteiger partial charge in [0.05, 0.1) is 0 Å². The predicted octanol–water partition coefficient (Wildman–Crippen LogP) is 2.19. The molecule has 0 aliphatic rings. The predicted molar refractivity (Wildman–Crippen MR) is 75.5 cm³/mol. The van der Waals surface area contributed by atoms with Gasteiger partial charge in [-0.2, -0.15) is 0 Å². The molecule has 0 saturated carbocycles. The Morgan fingerprint density at radius 2 is 2.26 bits per heavy atom. The number of rotatable bonds is 7. The van der Waals surface area contributed by atoms with E-state index in [0.29, 0.717) is 13.0 Å². The van der Waals surface area contributed by atoms with Gasteiger partial charge >= 0.3 is 12.0 Å². The molecule has 2 N–H and O–H groups in total. The summed E-state index contributed by atoms with van der Waals surface area (Å²) in [6.45, 7) is 2.47. The highest BCUT2D eigenvalue weighted by molar-refractivity contribution is 7.09. The number of hydrogen-bond acceptors (Lipinski definition) is 3. The third-order valence-electron chi connectivity index (χ3n) is 2.79. The van der Waals surface area contributed by atoms with Crippen LogP contribution in [0.4, 0.5) is 4.79 Å². The zero-order valence-electron chi connectivity index (χ0n) is 11.3. The van der Waals surface area contributed by atoms with Crippen molar-refractivity contribution in [2.24, 2.45) is 0 Å². The molecule has 0 fully saturated rings. The van der Waals surface area contributed by atoms with Crippen LogP contribution in [0.25, 0.3) is 0 Å². The minimum atomic E-state index is -0.984. The largest absolute Gasteiger partial charge is 0.480 e. The first-order chi connectivity index (χ1) is 9.04. The number of urea groups is 1. The lowest BCUT2D eigenvalue weighted by atomic mass is 10.2. The van der Waals surface area contributed by atoms with Crippen molar-refractivity contribution in [3.8, 4) is 0 Å². The van der Waals surface area contributed by atoms with E-state index in [4.69, 9.17) is 5.11 Å². The molecule has 1 atom stereocenters. The van der Waals surface area contributed by atoms with Crippen molar-refractivity contribution in [1.29, 1.82) is 0 Å². The molecule has 2 amide bonds. The van der Waals surface area contributed by atoms with Gasteiger partial charge < -0.3 is 15.3 Å². The Hall–Kier alpha value is -1.56. The molecule has 1 heterocycles. The van der Waals surface area contributed by atoms with Crippen molar-refractivity contribution in [2.45, 2.75) is 32.2 Å². The van der Waals surface area contributed by atoms with Crippen LogP contribution >= 0.6 is 11.3 Å². The Labute approximate surface area is 117 Å². The number of hydrogen-bond donors (Lipinski definition) is 2. The molecular weight excluding hydrogens is 264 g/mol. The van der Waals surface area contributed by atoms with Crippen molar-refractivity contribution in [3.63, 3.8) is 0 Å². The normalized spacial score (nSPS) is 11.9. The minimum Gasteiger partial charge on any atom is -0.480 e. The fourth-order valence-electron chi connectivity index (χ4n) is 1.64. The number of likely N-dealkylation sites (N-methyl/N-ethyl adjacent to an activating group) is 1. The number of nitrogens with one attached hydrogen (secondary N) is 1. The third-order valence-corrected chi connectivity index (χ3v) is 3.73. The molecule has 6 heteroatoms. The molecule has 1 rings (SSSR count). The Balaban J connectivity index is 2.40. The smallest absolute Gasteiger partial charge is 0.326 e. The molecular formula is C13H20N2O3S. The molecule has 1 aromatic rings. The quantitative estimate of drug-likeness (QED) is 0.806. The van der Waals surface area contributed by atoms with Gasteiger partial charge in [0.15, 0.2) is 0 Å². The summed E-state index contributed by atoms with van der Waals surface area (Å²) in [7, 11) is 1.67. The number of nitrogens with zero attached hydrogens (tertiary/aromatic N) is 1. The standard InChI is InChI=1S/C13H20N2O3S/c1-3-5-11(12(16)17)14-13(18)15(2)8-7-10-6-4-9-19-10/h4,6,9,11H,3,5,7-8H2,1-2H3,(H,14,18)(H,16,17). The summed E-state index contributed by atoms with van der Waals surface area (Å²) < 4.78 is 0. The summed E-state index contributed by atoms with van der Waals surface area (Å²) in [4.78, 5) is 25.5. The molecule has 1 aromatic heterocycles. The average molecular weight is 284 g/mol. The van der Waals surface area contributed by atoms with Crippen molar-refractivity contribution in [3.05, 3.63) is 22.4 Å². The molecule has 0 aliphatic carbocycles. The fourth-order valence-corrected chi connectivity index (χ4v) is 2.34. The minimum absolute atomic E-state index is 0.336. The molecule has 0 aromatic carbocycles. The average Bonchev–Trinajstić information content (AvgIpc) is 2.88. The first-order valence-corrected chi connectivity index (χ1v) is 7.19. The van der Waals surface area contributed by atoms with Gasteiger partial charge in [-0.15, -0.1) is 11.3 Å². The molecule has 0 saturated heterocycles. The lowest BCUT2D eigenvalue weighted by molar-refractivity contribution is -0.139. The summed E-state index contributed by atoms with van der Waals surface area (Å²) >= 11 is 1.65. The van der Waals surface area contributed by atoms with Crippen LogP contribution in [0.3, 0.4) is 0 Å². The number of carbonyl (C=O) groups excluding carboxylic acids is 1. The summed E-state index contributed by atoms with van der Waals surface area (Å²) in [6.07, 6.45) is 1.95. The monoisotopic (exact) mass is 284 g/mol. The van der Waals surface area contributed by atoms with Crippen molar-refractivity contribution in [1.82, 2.24) is 10.2 Å². The third kappa shape index (κ3) is 5.30. The summed E-state index contributed by atoms with van der Waals surface area (Å²) in [5.74, 6) is -0.984. The van der Waals surface area contributed by atoms with Gasteiger partial charge in [0, 0.05) is 18.5 Å². The molecule has 0 bridgehead atoms. The van der Waals surface area contributed by atoms with Gasteiger partial charge in [0.1, 0.15) is 6.04 Å². The maximum absolute atomic E-state index is 11.8. The second-order valence-corrected chi connectivity index (χ2v) is 5.41. The lowest BCUT2D eigenvalue weighted by Gasteiger charge is -2.21. The number of carbonyl (C=O) groups is 2. The van der Waals surface area contributed by atoms with Gasteiger partial charge in [-0.1, -0.05) is 19.4 Å². The van der Waals surface area contributed by atoms with E-state index in [-0.39, 0.29) is 6.03 Å². The van der Waals surface area contributed by atoms with Gasteiger partial charge in [-0.05, 0) is 24.3 Å². The molecule has 5 nitrogen and oxygen atoms in total. The van der Waals surface area contributed by atoms with Crippen LogP contribution in [0.1, 0.15) is 24.6 Å². The van der Waals surface area contributed by atoms with Crippen molar-refractivity contribution in [2.75, 3.05) is 13.6 Å². The van der Waals surface area contributed by atoms with E-state index >= 15 is 0 Å². The Morgan fingerprint density at radius 3 is 2.79 bits per heavy atom. The van der Waals surface area contributed by atoms with Crippen LogP contribution in [0, 0.1) is 0 Å². The molecule has 106 valence electrons. The van der Waals surface area contributed by atoms with E-state index in [1.54, 1.807) is 18.4 Å². The van der Waals surface area contributed by atoms with Crippen LogP contribution < -0.4 is 5.32 Å². The highest BCUT2D eigenvalue weighted by atomic mass is 32.1. The SMILES string of the molecule is CCCC(NC(=O)N(C)CCc1cccs1)C(=O)O. The maximum atomic E-state index is 11.8. The molecule has 0 radical (unpaired) electrons. The zero-order valence-corrected chi connectivity index (χ0v) is 12.1. The molecule has 0 aliphatic heterocycles. The highest BCUT2D eigenvalue weighted by Gasteiger charge is 2.20. The van der Waals surface area contributed by atoms with Crippen molar-refractivity contribution >= 4 is 23.3 Å². The lowest BCUT2D eigenvalue weighted by Crippen LogP contribution is -2.47. The Kier molecular flexibility index (Phi) is 6.35. The number of carboxylic acids is 1. The van der Waals surface area contributed by atoms with Crippen LogP contribution in [0.2, 0.25) is 0 Å². The highest BCUT2D eigenvalue weighted by Crippen LogP contribution is 2.09. The Morgan fingerprint density at radius 1 is 1.53 bits per heavy atom. The van der Waals surface area contributed by atoms with E-state index in [1.807, 2.05) is 24.4 Å². The van der Waals surface area contributed by atoms with Gasteiger partial charge in [0.25, 0.3) is 0 Å². The summed E-state index contributed by atoms with van der Waals surface area (Å²) in [5, 5.41) is 13.5. The van der Waals surface area contributed by atoms with E-state index in [1.165, 1.54) is 9.78 Å².